The van der Waals surface area contributed by atoms with Crippen LogP contribution in [0, 0.1) is 0 Å². The highest BCUT2D eigenvalue weighted by Crippen LogP contribution is 2.34. The van der Waals surface area contributed by atoms with E-state index in [1.54, 1.807) is 14.2 Å². The van der Waals surface area contributed by atoms with Crippen LogP contribution in [-0.4, -0.2) is 18.8 Å². The molecule has 3 aromatic rings. The normalized spacial score (nSPS) is 10.7. The summed E-state index contributed by atoms with van der Waals surface area (Å²) in [7, 11) is 3.27. The van der Waals surface area contributed by atoms with Crippen LogP contribution in [0.5, 0.6) is 11.5 Å². The average Bonchev–Trinajstić information content (AvgIpc) is 2.89. The molecule has 0 unspecified atom stereocenters. The van der Waals surface area contributed by atoms with Gasteiger partial charge in [0.25, 0.3) is 0 Å². The molecule has 4 nitrogen and oxygen atoms in total. The number of hydrogen-bond acceptors (Lipinski definition) is 3. The zero-order valence-electron chi connectivity index (χ0n) is 11.5. The number of fused-ring (bicyclic) bond motifs is 1. The van der Waals surface area contributed by atoms with Crippen LogP contribution in [0.15, 0.2) is 48.7 Å². The summed E-state index contributed by atoms with van der Waals surface area (Å²) in [6, 6.07) is 13.7. The predicted octanol–water partition coefficient (Wildman–Crippen LogP) is 3.23. The minimum Gasteiger partial charge on any atom is -0.493 e. The molecule has 2 aromatic carbocycles. The molecule has 0 amide bonds. The van der Waals surface area contributed by atoms with E-state index < -0.39 is 0 Å². The number of nitrogen functional groups attached to an aromatic ring is 1. The molecule has 0 aliphatic heterocycles. The van der Waals surface area contributed by atoms with Gasteiger partial charge in [-0.15, -0.1) is 0 Å². The van der Waals surface area contributed by atoms with Crippen LogP contribution in [0.3, 0.4) is 0 Å². The smallest absolute Gasteiger partial charge is 0.162 e. The number of nitrogens with two attached hydrogens (primary N) is 1. The number of methoxy groups -OCH3 is 2. The van der Waals surface area contributed by atoms with E-state index >= 15 is 0 Å². The zero-order valence-corrected chi connectivity index (χ0v) is 11.5. The monoisotopic (exact) mass is 268 g/mol. The second-order valence-electron chi connectivity index (χ2n) is 4.51. The third-order valence-electron chi connectivity index (χ3n) is 3.39. The molecule has 0 aliphatic carbocycles. The summed E-state index contributed by atoms with van der Waals surface area (Å²) < 4.78 is 12.7. The molecule has 4 heteroatoms. The van der Waals surface area contributed by atoms with E-state index in [2.05, 4.69) is 0 Å². The third-order valence-corrected chi connectivity index (χ3v) is 3.39. The molecule has 20 heavy (non-hydrogen) atoms. The van der Waals surface area contributed by atoms with Crippen molar-refractivity contribution in [2.45, 2.75) is 0 Å². The van der Waals surface area contributed by atoms with Gasteiger partial charge in [-0.25, -0.2) is 0 Å². The molecule has 0 saturated heterocycles. The number of aromatic nitrogens is 1. The van der Waals surface area contributed by atoms with Crippen LogP contribution >= 0.6 is 0 Å². The Hall–Kier alpha value is -2.62. The van der Waals surface area contributed by atoms with E-state index in [9.17, 15) is 0 Å². The maximum Gasteiger partial charge on any atom is 0.162 e. The van der Waals surface area contributed by atoms with Crippen LogP contribution in [0.1, 0.15) is 0 Å². The Kier molecular flexibility index (Phi) is 2.99. The fourth-order valence-corrected chi connectivity index (χ4v) is 2.38. The Morgan fingerprint density at radius 3 is 2.35 bits per heavy atom. The highest BCUT2D eigenvalue weighted by atomic mass is 16.5. The lowest BCUT2D eigenvalue weighted by Gasteiger charge is -2.11. The van der Waals surface area contributed by atoms with E-state index in [4.69, 9.17) is 15.2 Å². The molecule has 0 radical (unpaired) electrons. The van der Waals surface area contributed by atoms with E-state index in [1.807, 2.05) is 53.2 Å². The van der Waals surface area contributed by atoms with Gasteiger partial charge in [0.1, 0.15) is 0 Å². The Morgan fingerprint density at radius 2 is 1.65 bits per heavy atom. The van der Waals surface area contributed by atoms with Crippen molar-refractivity contribution in [1.29, 1.82) is 0 Å². The van der Waals surface area contributed by atoms with Gasteiger partial charge in [0.05, 0.1) is 31.1 Å². The van der Waals surface area contributed by atoms with Crippen molar-refractivity contribution in [2.24, 2.45) is 0 Å². The van der Waals surface area contributed by atoms with E-state index in [-0.39, 0.29) is 0 Å². The van der Waals surface area contributed by atoms with Gasteiger partial charge in [-0.1, -0.05) is 12.1 Å². The largest absolute Gasteiger partial charge is 0.493 e. The molecule has 0 aliphatic rings. The van der Waals surface area contributed by atoms with Crippen molar-refractivity contribution < 1.29 is 9.47 Å². The van der Waals surface area contributed by atoms with Crippen molar-refractivity contribution in [3.05, 3.63) is 48.7 Å². The van der Waals surface area contributed by atoms with Crippen molar-refractivity contribution >= 4 is 16.6 Å². The SMILES string of the molecule is COc1cc2ccn(-c3ccccc3N)c2cc1OC. The summed E-state index contributed by atoms with van der Waals surface area (Å²) in [6.07, 6.45) is 2.00. The van der Waals surface area contributed by atoms with Crippen molar-refractivity contribution in [2.75, 3.05) is 20.0 Å². The first-order valence-electron chi connectivity index (χ1n) is 6.32. The summed E-state index contributed by atoms with van der Waals surface area (Å²) >= 11 is 0. The van der Waals surface area contributed by atoms with Crippen LogP contribution < -0.4 is 15.2 Å². The van der Waals surface area contributed by atoms with Gasteiger partial charge in [-0.3, -0.25) is 0 Å². The summed E-state index contributed by atoms with van der Waals surface area (Å²) in [5, 5.41) is 1.07. The van der Waals surface area contributed by atoms with Gasteiger partial charge >= 0.3 is 0 Å². The molecule has 0 atom stereocenters. The number of rotatable bonds is 3. The van der Waals surface area contributed by atoms with Crippen LogP contribution in [-0.2, 0) is 0 Å². The highest BCUT2D eigenvalue weighted by molar-refractivity contribution is 5.86. The lowest BCUT2D eigenvalue weighted by Crippen LogP contribution is -1.98. The van der Waals surface area contributed by atoms with Crippen LogP contribution in [0.2, 0.25) is 0 Å². The molecule has 0 fully saturated rings. The molecule has 0 spiro atoms. The van der Waals surface area contributed by atoms with Crippen molar-refractivity contribution in [1.82, 2.24) is 4.57 Å². The number of anilines is 1. The van der Waals surface area contributed by atoms with Crippen LogP contribution in [0.25, 0.3) is 16.6 Å². The van der Waals surface area contributed by atoms with Gasteiger partial charge in [-0.05, 0) is 24.3 Å². The highest BCUT2D eigenvalue weighted by Gasteiger charge is 2.11. The quantitative estimate of drug-likeness (QED) is 0.742. The van der Waals surface area contributed by atoms with Crippen molar-refractivity contribution in [3.8, 4) is 17.2 Å². The first-order valence-corrected chi connectivity index (χ1v) is 6.32. The van der Waals surface area contributed by atoms with E-state index in [0.29, 0.717) is 5.75 Å². The molecule has 3 rings (SSSR count). The Labute approximate surface area is 117 Å². The Bertz CT molecular complexity index is 762. The van der Waals surface area contributed by atoms with Gasteiger partial charge in [0, 0.05) is 17.6 Å². The number of hydrogen-bond donors (Lipinski definition) is 1. The standard InChI is InChI=1S/C16H16N2O2/c1-19-15-9-11-7-8-18(14(11)10-16(15)20-2)13-6-4-3-5-12(13)17/h3-10H,17H2,1-2H3. The molecule has 2 N–H and O–H groups in total. The number of benzene rings is 2. The predicted molar refractivity (Wildman–Crippen MR) is 80.8 cm³/mol. The maximum atomic E-state index is 6.05. The number of para-hydroxylation sites is 2. The summed E-state index contributed by atoms with van der Waals surface area (Å²) in [5.41, 5.74) is 8.77. The topological polar surface area (TPSA) is 49.4 Å². The van der Waals surface area contributed by atoms with Gasteiger partial charge in [-0.2, -0.15) is 0 Å². The first kappa shape index (κ1) is 12.4. The van der Waals surface area contributed by atoms with Gasteiger partial charge in [0.2, 0.25) is 0 Å². The second-order valence-corrected chi connectivity index (χ2v) is 4.51. The van der Waals surface area contributed by atoms with Gasteiger partial charge < -0.3 is 19.8 Å². The number of ether oxygens (including phenoxy) is 2. The molecule has 1 heterocycles. The summed E-state index contributed by atoms with van der Waals surface area (Å²) in [4.78, 5) is 0. The fraction of sp³-hybridized carbons (Fsp3) is 0.125. The van der Waals surface area contributed by atoms with E-state index in [1.165, 1.54) is 0 Å². The van der Waals surface area contributed by atoms with Crippen LogP contribution in [0.4, 0.5) is 5.69 Å². The van der Waals surface area contributed by atoms with Gasteiger partial charge in [0.15, 0.2) is 11.5 Å². The zero-order chi connectivity index (χ0) is 14.1. The molecule has 0 saturated carbocycles. The molecular formula is C16H16N2O2. The Balaban J connectivity index is 2.26. The molecule has 1 aromatic heterocycles. The lowest BCUT2D eigenvalue weighted by molar-refractivity contribution is 0.356. The molecular weight excluding hydrogens is 252 g/mol. The average molecular weight is 268 g/mol. The third kappa shape index (κ3) is 1.86. The summed E-state index contributed by atoms with van der Waals surface area (Å²) in [5.74, 6) is 1.42. The summed E-state index contributed by atoms with van der Waals surface area (Å²) in [6.45, 7) is 0. The fourth-order valence-electron chi connectivity index (χ4n) is 2.38. The maximum absolute atomic E-state index is 6.05. The minimum absolute atomic E-state index is 0.703. The van der Waals surface area contributed by atoms with E-state index in [0.717, 1.165) is 28.0 Å². The lowest BCUT2D eigenvalue weighted by atomic mass is 10.2. The van der Waals surface area contributed by atoms with Crippen molar-refractivity contribution in [3.63, 3.8) is 0 Å². The minimum atomic E-state index is 0.703. The molecule has 102 valence electrons. The first-order chi connectivity index (χ1) is 9.74. The molecule has 0 bridgehead atoms. The second kappa shape index (κ2) is 4.81. The Morgan fingerprint density at radius 1 is 0.950 bits per heavy atom. The number of nitrogens with zero attached hydrogens (tertiary/aromatic N) is 1.